The second kappa shape index (κ2) is 4.37. The summed E-state index contributed by atoms with van der Waals surface area (Å²) in [5, 5.41) is 0. The van der Waals surface area contributed by atoms with Gasteiger partial charge in [0.2, 0.25) is 0 Å². The molecule has 2 rings (SSSR count). The maximum absolute atomic E-state index is 5.23. The van der Waals surface area contributed by atoms with Crippen LogP contribution in [0.3, 0.4) is 0 Å². The van der Waals surface area contributed by atoms with Crippen LogP contribution in [0.25, 0.3) is 0 Å². The van der Waals surface area contributed by atoms with Crippen LogP contribution >= 0.6 is 11.8 Å². The number of rotatable bonds is 4. The summed E-state index contributed by atoms with van der Waals surface area (Å²) in [6.07, 6.45) is 0.388. The van der Waals surface area contributed by atoms with E-state index in [2.05, 4.69) is 38.1 Å². The zero-order valence-electron chi connectivity index (χ0n) is 8.69. The van der Waals surface area contributed by atoms with Gasteiger partial charge in [0, 0.05) is 10.6 Å². The Morgan fingerprint density at radius 3 is 2.50 bits per heavy atom. The molecule has 1 aromatic rings. The largest absolute Gasteiger partial charge is 0.368 e. The van der Waals surface area contributed by atoms with Gasteiger partial charge in [-0.3, -0.25) is 0 Å². The van der Waals surface area contributed by atoms with Crippen molar-refractivity contribution in [3.05, 3.63) is 29.8 Å². The maximum Gasteiger partial charge on any atom is 0.106 e. The van der Waals surface area contributed by atoms with Gasteiger partial charge in [-0.1, -0.05) is 26.0 Å². The minimum atomic E-state index is 0.388. The number of benzene rings is 1. The summed E-state index contributed by atoms with van der Waals surface area (Å²) >= 11 is 1.93. The SMILES string of the molecule is CC(C)CSc1ccc(C2CO2)cc1. The smallest absolute Gasteiger partial charge is 0.106 e. The van der Waals surface area contributed by atoms with E-state index in [1.165, 1.54) is 16.2 Å². The highest BCUT2D eigenvalue weighted by molar-refractivity contribution is 7.99. The first-order chi connectivity index (χ1) is 6.75. The van der Waals surface area contributed by atoms with Gasteiger partial charge in [0.05, 0.1) is 6.61 Å². The summed E-state index contributed by atoms with van der Waals surface area (Å²) in [5.41, 5.74) is 1.32. The number of thioether (sulfide) groups is 1. The Bertz CT molecular complexity index is 288. The third kappa shape index (κ3) is 2.76. The highest BCUT2D eigenvalue weighted by Gasteiger charge is 2.24. The monoisotopic (exact) mass is 208 g/mol. The fraction of sp³-hybridized carbons (Fsp3) is 0.500. The second-order valence-electron chi connectivity index (χ2n) is 4.10. The summed E-state index contributed by atoms with van der Waals surface area (Å²) in [6.45, 7) is 5.40. The summed E-state index contributed by atoms with van der Waals surface area (Å²) in [5.74, 6) is 1.95. The average Bonchev–Trinajstić information content (AvgIpc) is 2.99. The summed E-state index contributed by atoms with van der Waals surface area (Å²) in [4.78, 5) is 1.36. The first-order valence-corrected chi connectivity index (χ1v) is 6.08. The molecule has 1 saturated heterocycles. The zero-order valence-corrected chi connectivity index (χ0v) is 9.51. The molecule has 14 heavy (non-hydrogen) atoms. The van der Waals surface area contributed by atoms with E-state index >= 15 is 0 Å². The second-order valence-corrected chi connectivity index (χ2v) is 5.19. The van der Waals surface area contributed by atoms with E-state index in [9.17, 15) is 0 Å². The highest BCUT2D eigenvalue weighted by Crippen LogP contribution is 2.31. The van der Waals surface area contributed by atoms with Crippen LogP contribution in [-0.4, -0.2) is 12.4 Å². The lowest BCUT2D eigenvalue weighted by atomic mass is 10.2. The molecule has 0 aromatic heterocycles. The molecule has 0 saturated carbocycles. The molecule has 1 aliphatic heterocycles. The van der Waals surface area contributed by atoms with Crippen LogP contribution in [0.4, 0.5) is 0 Å². The summed E-state index contributed by atoms with van der Waals surface area (Å²) in [7, 11) is 0. The van der Waals surface area contributed by atoms with Crippen LogP contribution in [0.15, 0.2) is 29.2 Å². The van der Waals surface area contributed by atoms with E-state index in [0.717, 1.165) is 12.5 Å². The van der Waals surface area contributed by atoms with Crippen molar-refractivity contribution in [2.24, 2.45) is 5.92 Å². The first kappa shape index (κ1) is 10.1. The van der Waals surface area contributed by atoms with Crippen molar-refractivity contribution < 1.29 is 4.74 Å². The van der Waals surface area contributed by atoms with E-state index in [0.29, 0.717) is 6.10 Å². The van der Waals surface area contributed by atoms with Gasteiger partial charge in [-0.2, -0.15) is 0 Å². The van der Waals surface area contributed by atoms with Gasteiger partial charge >= 0.3 is 0 Å². The summed E-state index contributed by atoms with van der Waals surface area (Å²) in [6, 6.07) is 8.76. The number of ether oxygens (including phenoxy) is 1. The Morgan fingerprint density at radius 1 is 1.36 bits per heavy atom. The lowest BCUT2D eigenvalue weighted by Crippen LogP contribution is -1.90. The predicted molar refractivity (Wildman–Crippen MR) is 60.7 cm³/mol. The third-order valence-electron chi connectivity index (χ3n) is 2.17. The Morgan fingerprint density at radius 2 is 2.00 bits per heavy atom. The van der Waals surface area contributed by atoms with Crippen molar-refractivity contribution in [1.29, 1.82) is 0 Å². The van der Waals surface area contributed by atoms with E-state index in [-0.39, 0.29) is 0 Å². The minimum Gasteiger partial charge on any atom is -0.368 e. The Balaban J connectivity index is 1.92. The van der Waals surface area contributed by atoms with Gasteiger partial charge in [-0.15, -0.1) is 11.8 Å². The topological polar surface area (TPSA) is 12.5 Å². The van der Waals surface area contributed by atoms with Crippen LogP contribution < -0.4 is 0 Å². The van der Waals surface area contributed by atoms with Crippen LogP contribution in [0, 0.1) is 5.92 Å². The third-order valence-corrected chi connectivity index (χ3v) is 3.61. The highest BCUT2D eigenvalue weighted by atomic mass is 32.2. The average molecular weight is 208 g/mol. The molecule has 2 heteroatoms. The Kier molecular flexibility index (Phi) is 3.14. The van der Waals surface area contributed by atoms with Crippen LogP contribution in [0.5, 0.6) is 0 Å². The molecule has 1 nitrogen and oxygen atoms in total. The molecule has 1 heterocycles. The van der Waals surface area contributed by atoms with Gasteiger partial charge in [0.25, 0.3) is 0 Å². The van der Waals surface area contributed by atoms with E-state index in [1.807, 2.05) is 11.8 Å². The molecule has 0 aliphatic carbocycles. The molecule has 0 N–H and O–H groups in total. The van der Waals surface area contributed by atoms with Crippen LogP contribution in [0.2, 0.25) is 0 Å². The molecule has 0 bridgehead atoms. The molecule has 0 amide bonds. The molecular weight excluding hydrogens is 192 g/mol. The summed E-state index contributed by atoms with van der Waals surface area (Å²) < 4.78 is 5.23. The molecule has 0 radical (unpaired) electrons. The predicted octanol–water partition coefficient (Wildman–Crippen LogP) is 3.51. The molecule has 0 spiro atoms. The van der Waals surface area contributed by atoms with Crippen molar-refractivity contribution in [3.63, 3.8) is 0 Å². The van der Waals surface area contributed by atoms with Gasteiger partial charge in [0.1, 0.15) is 6.10 Å². The molecular formula is C12H16OS. The van der Waals surface area contributed by atoms with Crippen LogP contribution in [0.1, 0.15) is 25.5 Å². The zero-order chi connectivity index (χ0) is 9.97. The number of epoxide rings is 1. The van der Waals surface area contributed by atoms with Gasteiger partial charge in [0.15, 0.2) is 0 Å². The quantitative estimate of drug-likeness (QED) is 0.554. The molecule has 1 atom stereocenters. The first-order valence-electron chi connectivity index (χ1n) is 5.10. The number of hydrogen-bond donors (Lipinski definition) is 0. The minimum absolute atomic E-state index is 0.388. The Hall–Kier alpha value is -0.470. The normalized spacial score (nSPS) is 20.1. The molecule has 1 aromatic carbocycles. The van der Waals surface area contributed by atoms with E-state index < -0.39 is 0 Å². The molecule has 76 valence electrons. The fourth-order valence-corrected chi connectivity index (χ4v) is 2.14. The maximum atomic E-state index is 5.23. The van der Waals surface area contributed by atoms with Crippen molar-refractivity contribution in [1.82, 2.24) is 0 Å². The van der Waals surface area contributed by atoms with Crippen molar-refractivity contribution >= 4 is 11.8 Å². The lowest BCUT2D eigenvalue weighted by molar-refractivity contribution is 0.415. The standard InChI is InChI=1S/C12H16OS/c1-9(2)8-14-11-5-3-10(4-6-11)12-7-13-12/h3-6,9,12H,7-8H2,1-2H3. The Labute approximate surface area is 89.9 Å². The lowest BCUT2D eigenvalue weighted by Gasteiger charge is -2.04. The van der Waals surface area contributed by atoms with Gasteiger partial charge < -0.3 is 4.74 Å². The number of hydrogen-bond acceptors (Lipinski definition) is 2. The molecule has 1 unspecified atom stereocenters. The van der Waals surface area contributed by atoms with Gasteiger partial charge in [-0.05, 0) is 23.6 Å². The van der Waals surface area contributed by atoms with Crippen molar-refractivity contribution in [3.8, 4) is 0 Å². The van der Waals surface area contributed by atoms with Gasteiger partial charge in [-0.25, -0.2) is 0 Å². The van der Waals surface area contributed by atoms with Crippen molar-refractivity contribution in [2.75, 3.05) is 12.4 Å². The fourth-order valence-electron chi connectivity index (χ4n) is 1.28. The molecule has 1 fully saturated rings. The molecule has 1 aliphatic rings. The van der Waals surface area contributed by atoms with E-state index in [4.69, 9.17) is 4.74 Å². The van der Waals surface area contributed by atoms with Crippen molar-refractivity contribution in [2.45, 2.75) is 24.8 Å². The van der Waals surface area contributed by atoms with E-state index in [1.54, 1.807) is 0 Å². The van der Waals surface area contributed by atoms with Crippen LogP contribution in [-0.2, 0) is 4.74 Å².